The summed E-state index contributed by atoms with van der Waals surface area (Å²) in [5.41, 5.74) is 1.60. The van der Waals surface area contributed by atoms with Crippen molar-refractivity contribution in [2.75, 3.05) is 25.0 Å². The van der Waals surface area contributed by atoms with Crippen molar-refractivity contribution < 1.29 is 9.53 Å². The summed E-state index contributed by atoms with van der Waals surface area (Å²) in [6.45, 7) is 4.08. The van der Waals surface area contributed by atoms with Crippen molar-refractivity contribution in [1.82, 2.24) is 19.9 Å². The number of rotatable bonds is 4. The average Bonchev–Trinajstić information content (AvgIpc) is 3.11. The molecule has 1 aliphatic rings. The molecule has 1 aromatic heterocycles. The summed E-state index contributed by atoms with van der Waals surface area (Å²) in [5.74, 6) is 0. The van der Waals surface area contributed by atoms with Crippen LogP contribution in [0.25, 0.3) is 5.69 Å². The molecule has 0 spiro atoms. The maximum absolute atomic E-state index is 12.4. The first kappa shape index (κ1) is 15.5. The molecule has 2 aromatic rings. The molecule has 1 N–H and O–H groups in total. The minimum Gasteiger partial charge on any atom is -0.377 e. The highest BCUT2D eigenvalue weighted by atomic mass is 16.5. The van der Waals surface area contributed by atoms with Crippen molar-refractivity contribution >= 4 is 11.7 Å². The van der Waals surface area contributed by atoms with Crippen LogP contribution in [0.5, 0.6) is 0 Å². The van der Waals surface area contributed by atoms with Gasteiger partial charge in [0.2, 0.25) is 0 Å². The van der Waals surface area contributed by atoms with Crippen LogP contribution in [-0.2, 0) is 4.74 Å². The van der Waals surface area contributed by atoms with Gasteiger partial charge in [-0.1, -0.05) is 0 Å². The summed E-state index contributed by atoms with van der Waals surface area (Å²) < 4.78 is 5.63. The van der Waals surface area contributed by atoms with E-state index in [4.69, 9.17) is 4.74 Å². The molecule has 3 rings (SSSR count). The number of piperidine rings is 1. The fourth-order valence-electron chi connectivity index (χ4n) is 2.72. The van der Waals surface area contributed by atoms with Crippen LogP contribution in [0.15, 0.2) is 36.7 Å². The number of ether oxygens (including phenoxy) is 1. The van der Waals surface area contributed by atoms with Crippen LogP contribution in [0.2, 0.25) is 0 Å². The molecular weight excluding hydrogens is 294 g/mol. The molecule has 1 aliphatic heterocycles. The molecule has 1 fully saturated rings. The molecule has 2 amide bonds. The Morgan fingerprint density at radius 3 is 2.74 bits per heavy atom. The van der Waals surface area contributed by atoms with Crippen LogP contribution in [-0.4, -0.2) is 51.7 Å². The van der Waals surface area contributed by atoms with Crippen LogP contribution < -0.4 is 5.32 Å². The molecule has 1 aromatic carbocycles. The lowest BCUT2D eigenvalue weighted by Crippen LogP contribution is -2.45. The fourth-order valence-corrected chi connectivity index (χ4v) is 2.72. The standard InChI is InChI=1S/C16H21N5O2/c1-2-23-15-4-3-11-20(12-15)16(22)19-13-5-7-14(8-6-13)21-17-9-10-18-21/h5-10,15H,2-4,11-12H2,1H3,(H,19,22). The van der Waals surface area contributed by atoms with Crippen molar-refractivity contribution in [2.45, 2.75) is 25.9 Å². The Kier molecular flexibility index (Phi) is 4.87. The highest BCUT2D eigenvalue weighted by molar-refractivity contribution is 5.89. The van der Waals surface area contributed by atoms with E-state index in [0.29, 0.717) is 13.2 Å². The Morgan fingerprint density at radius 1 is 1.30 bits per heavy atom. The SMILES string of the molecule is CCOC1CCCN(C(=O)Nc2ccc(-n3nccn3)cc2)C1. The molecule has 0 radical (unpaired) electrons. The molecule has 23 heavy (non-hydrogen) atoms. The van der Waals surface area contributed by atoms with Crippen LogP contribution in [0.1, 0.15) is 19.8 Å². The minimum atomic E-state index is -0.0839. The highest BCUT2D eigenvalue weighted by Gasteiger charge is 2.23. The van der Waals surface area contributed by atoms with E-state index in [-0.39, 0.29) is 12.1 Å². The summed E-state index contributed by atoms with van der Waals surface area (Å²) in [6, 6.07) is 7.35. The van der Waals surface area contributed by atoms with Gasteiger partial charge >= 0.3 is 6.03 Å². The van der Waals surface area contributed by atoms with Gasteiger partial charge in [0, 0.05) is 25.4 Å². The van der Waals surface area contributed by atoms with E-state index in [0.717, 1.165) is 30.8 Å². The number of carbonyl (C=O) groups excluding carboxylic acids is 1. The smallest absolute Gasteiger partial charge is 0.321 e. The second-order valence-corrected chi connectivity index (χ2v) is 5.46. The van der Waals surface area contributed by atoms with Gasteiger partial charge in [0.1, 0.15) is 0 Å². The minimum absolute atomic E-state index is 0.0839. The zero-order valence-corrected chi connectivity index (χ0v) is 13.2. The number of hydrogen-bond donors (Lipinski definition) is 1. The number of amides is 2. The molecule has 0 bridgehead atoms. The molecule has 7 nitrogen and oxygen atoms in total. The van der Waals surface area contributed by atoms with Crippen molar-refractivity contribution in [3.8, 4) is 5.69 Å². The molecule has 1 atom stereocenters. The number of hydrogen-bond acceptors (Lipinski definition) is 4. The van der Waals surface area contributed by atoms with Gasteiger partial charge in [0.25, 0.3) is 0 Å². The summed E-state index contributed by atoms with van der Waals surface area (Å²) in [7, 11) is 0. The quantitative estimate of drug-likeness (QED) is 0.939. The largest absolute Gasteiger partial charge is 0.377 e. The molecular formula is C16H21N5O2. The first-order chi connectivity index (χ1) is 11.3. The number of anilines is 1. The van der Waals surface area contributed by atoms with E-state index >= 15 is 0 Å². The van der Waals surface area contributed by atoms with Crippen molar-refractivity contribution in [2.24, 2.45) is 0 Å². The van der Waals surface area contributed by atoms with Crippen LogP contribution in [0, 0.1) is 0 Å². The van der Waals surface area contributed by atoms with Crippen LogP contribution >= 0.6 is 0 Å². The topological polar surface area (TPSA) is 72.3 Å². The third kappa shape index (κ3) is 3.87. The lowest BCUT2D eigenvalue weighted by Gasteiger charge is -2.32. The summed E-state index contributed by atoms with van der Waals surface area (Å²) >= 11 is 0. The Labute approximate surface area is 135 Å². The normalized spacial score (nSPS) is 18.0. The van der Waals surface area contributed by atoms with E-state index in [9.17, 15) is 4.79 Å². The Balaban J connectivity index is 1.59. The summed E-state index contributed by atoms with van der Waals surface area (Å²) in [4.78, 5) is 15.7. The van der Waals surface area contributed by atoms with E-state index in [1.54, 1.807) is 12.4 Å². The van der Waals surface area contributed by atoms with Crippen molar-refractivity contribution in [3.05, 3.63) is 36.7 Å². The zero-order valence-electron chi connectivity index (χ0n) is 13.2. The molecule has 0 saturated carbocycles. The van der Waals surface area contributed by atoms with Gasteiger partial charge in [-0.3, -0.25) is 0 Å². The van der Waals surface area contributed by atoms with E-state index in [1.165, 1.54) is 4.80 Å². The first-order valence-electron chi connectivity index (χ1n) is 7.90. The van der Waals surface area contributed by atoms with Gasteiger partial charge in [-0.05, 0) is 44.0 Å². The lowest BCUT2D eigenvalue weighted by atomic mass is 10.1. The number of nitrogens with one attached hydrogen (secondary N) is 1. The van der Waals surface area contributed by atoms with Gasteiger partial charge in [0.05, 0.1) is 24.2 Å². The van der Waals surface area contributed by atoms with Crippen LogP contribution in [0.4, 0.5) is 10.5 Å². The number of benzene rings is 1. The Hall–Kier alpha value is -2.41. The van der Waals surface area contributed by atoms with E-state index in [2.05, 4.69) is 15.5 Å². The molecule has 1 saturated heterocycles. The fraction of sp³-hybridized carbons (Fsp3) is 0.438. The Morgan fingerprint density at radius 2 is 2.04 bits per heavy atom. The summed E-state index contributed by atoms with van der Waals surface area (Å²) in [6.07, 6.45) is 5.39. The van der Waals surface area contributed by atoms with Gasteiger partial charge in [-0.2, -0.15) is 15.0 Å². The van der Waals surface area contributed by atoms with E-state index < -0.39 is 0 Å². The third-order valence-corrected chi connectivity index (χ3v) is 3.84. The number of nitrogens with zero attached hydrogens (tertiary/aromatic N) is 4. The zero-order chi connectivity index (χ0) is 16.1. The predicted molar refractivity (Wildman–Crippen MR) is 86.6 cm³/mol. The van der Waals surface area contributed by atoms with Crippen LogP contribution in [0.3, 0.4) is 0 Å². The molecule has 0 aliphatic carbocycles. The first-order valence-corrected chi connectivity index (χ1v) is 7.90. The summed E-state index contributed by atoms with van der Waals surface area (Å²) in [5, 5.41) is 11.1. The van der Waals surface area contributed by atoms with Gasteiger partial charge in [-0.25, -0.2) is 4.79 Å². The second kappa shape index (κ2) is 7.23. The van der Waals surface area contributed by atoms with E-state index in [1.807, 2.05) is 36.1 Å². The Bertz CT molecular complexity index is 624. The number of urea groups is 1. The monoisotopic (exact) mass is 315 g/mol. The van der Waals surface area contributed by atoms with Gasteiger partial charge < -0.3 is 15.0 Å². The van der Waals surface area contributed by atoms with Gasteiger partial charge in [-0.15, -0.1) is 0 Å². The maximum atomic E-state index is 12.4. The third-order valence-electron chi connectivity index (χ3n) is 3.84. The lowest BCUT2D eigenvalue weighted by molar-refractivity contribution is 0.0181. The van der Waals surface area contributed by atoms with Crippen molar-refractivity contribution in [3.63, 3.8) is 0 Å². The average molecular weight is 315 g/mol. The maximum Gasteiger partial charge on any atom is 0.321 e. The molecule has 122 valence electrons. The molecule has 1 unspecified atom stereocenters. The predicted octanol–water partition coefficient (Wildman–Crippen LogP) is 2.30. The number of aromatic nitrogens is 3. The number of carbonyl (C=O) groups is 1. The molecule has 7 heteroatoms. The second-order valence-electron chi connectivity index (χ2n) is 5.46. The molecule has 2 heterocycles. The highest BCUT2D eigenvalue weighted by Crippen LogP contribution is 2.16. The number of likely N-dealkylation sites (tertiary alicyclic amines) is 1. The van der Waals surface area contributed by atoms with Gasteiger partial charge in [0.15, 0.2) is 0 Å². The van der Waals surface area contributed by atoms with Crippen molar-refractivity contribution in [1.29, 1.82) is 0 Å².